The van der Waals surface area contributed by atoms with Crippen molar-refractivity contribution in [1.29, 1.82) is 0 Å². The van der Waals surface area contributed by atoms with Gasteiger partial charge in [-0.05, 0) is 19.3 Å². The van der Waals surface area contributed by atoms with Gasteiger partial charge < -0.3 is 25.0 Å². The minimum Gasteiger partial charge on any atom is -0.394 e. The lowest BCUT2D eigenvalue weighted by atomic mass is 10.1. The number of imidazole rings is 1. The van der Waals surface area contributed by atoms with Crippen LogP contribution in [-0.4, -0.2) is 72.8 Å². The van der Waals surface area contributed by atoms with Crippen molar-refractivity contribution in [2.24, 2.45) is 0 Å². The molecule has 2 saturated heterocycles. The molecule has 9 heteroatoms. The molecule has 4 rings (SSSR count). The zero-order valence-electron chi connectivity index (χ0n) is 13.2. The van der Waals surface area contributed by atoms with Gasteiger partial charge in [-0.2, -0.15) is 0 Å². The third-order valence-electron chi connectivity index (χ3n) is 4.79. The number of fused-ring (bicyclic) bond motifs is 1. The van der Waals surface area contributed by atoms with E-state index in [-0.39, 0.29) is 6.61 Å². The first-order chi connectivity index (χ1) is 11.7. The monoisotopic (exact) mass is 335 g/mol. The molecule has 2 aromatic rings. The zero-order valence-corrected chi connectivity index (χ0v) is 13.2. The molecule has 24 heavy (non-hydrogen) atoms. The number of aromatic nitrogens is 4. The Morgan fingerprint density at radius 2 is 1.88 bits per heavy atom. The fourth-order valence-corrected chi connectivity index (χ4v) is 3.47. The molecule has 4 heterocycles. The second-order valence-electron chi connectivity index (χ2n) is 6.30. The molecule has 9 nitrogen and oxygen atoms in total. The number of anilines is 1. The van der Waals surface area contributed by atoms with Crippen molar-refractivity contribution < 1.29 is 20.1 Å². The number of piperidine rings is 1. The maximum Gasteiger partial charge on any atom is 0.167 e. The van der Waals surface area contributed by atoms with Crippen LogP contribution in [0.25, 0.3) is 11.2 Å². The number of nitrogens with zero attached hydrogens (tertiary/aromatic N) is 5. The van der Waals surface area contributed by atoms with E-state index >= 15 is 0 Å². The van der Waals surface area contributed by atoms with E-state index in [1.54, 1.807) is 4.57 Å². The highest BCUT2D eigenvalue weighted by Crippen LogP contribution is 2.33. The molecule has 2 aliphatic rings. The van der Waals surface area contributed by atoms with Crippen LogP contribution in [0.15, 0.2) is 12.7 Å². The van der Waals surface area contributed by atoms with Gasteiger partial charge in [-0.15, -0.1) is 0 Å². The Kier molecular flexibility index (Phi) is 4.09. The highest BCUT2D eigenvalue weighted by atomic mass is 16.6. The third kappa shape index (κ3) is 2.44. The van der Waals surface area contributed by atoms with Crippen molar-refractivity contribution in [3.8, 4) is 0 Å². The second kappa shape index (κ2) is 6.25. The molecule has 4 atom stereocenters. The molecule has 0 radical (unpaired) electrons. The van der Waals surface area contributed by atoms with Crippen LogP contribution < -0.4 is 4.90 Å². The lowest BCUT2D eigenvalue weighted by Gasteiger charge is -2.27. The minimum atomic E-state index is -1.16. The van der Waals surface area contributed by atoms with Crippen molar-refractivity contribution in [1.82, 2.24) is 19.5 Å². The van der Waals surface area contributed by atoms with Crippen LogP contribution in [0.2, 0.25) is 0 Å². The van der Waals surface area contributed by atoms with Crippen LogP contribution in [0.1, 0.15) is 25.5 Å². The van der Waals surface area contributed by atoms with E-state index in [2.05, 4.69) is 19.9 Å². The number of ether oxygens (including phenoxy) is 1. The summed E-state index contributed by atoms with van der Waals surface area (Å²) < 4.78 is 7.16. The van der Waals surface area contributed by atoms with Gasteiger partial charge in [-0.3, -0.25) is 4.57 Å². The van der Waals surface area contributed by atoms with Gasteiger partial charge in [0.15, 0.2) is 23.2 Å². The summed E-state index contributed by atoms with van der Waals surface area (Å²) in [6.45, 7) is 1.51. The van der Waals surface area contributed by atoms with Gasteiger partial charge in [-0.25, -0.2) is 15.0 Å². The van der Waals surface area contributed by atoms with Gasteiger partial charge in [0.1, 0.15) is 24.6 Å². The summed E-state index contributed by atoms with van der Waals surface area (Å²) in [5, 5.41) is 29.4. The van der Waals surface area contributed by atoms with E-state index in [9.17, 15) is 15.3 Å². The molecule has 2 aromatic heterocycles. The van der Waals surface area contributed by atoms with E-state index in [1.807, 2.05) is 0 Å². The molecular formula is C15H21N5O4. The van der Waals surface area contributed by atoms with Crippen molar-refractivity contribution in [3.05, 3.63) is 12.7 Å². The first kappa shape index (κ1) is 15.7. The van der Waals surface area contributed by atoms with Crippen molar-refractivity contribution in [3.63, 3.8) is 0 Å². The Labute approximate surface area is 138 Å². The van der Waals surface area contributed by atoms with E-state index in [1.165, 1.54) is 19.1 Å². The molecule has 0 saturated carbocycles. The van der Waals surface area contributed by atoms with Gasteiger partial charge >= 0.3 is 0 Å². The minimum absolute atomic E-state index is 0.366. The molecule has 0 spiro atoms. The lowest BCUT2D eigenvalue weighted by Crippen LogP contribution is -2.33. The maximum absolute atomic E-state index is 10.2. The summed E-state index contributed by atoms with van der Waals surface area (Å²) in [6.07, 6.45) is 2.51. The molecule has 0 amide bonds. The van der Waals surface area contributed by atoms with Crippen molar-refractivity contribution in [2.45, 2.75) is 43.8 Å². The third-order valence-corrected chi connectivity index (χ3v) is 4.79. The van der Waals surface area contributed by atoms with E-state index in [0.717, 1.165) is 31.7 Å². The molecule has 0 bridgehead atoms. The van der Waals surface area contributed by atoms with Gasteiger partial charge in [0.05, 0.1) is 12.9 Å². The summed E-state index contributed by atoms with van der Waals surface area (Å²) >= 11 is 0. The predicted molar refractivity (Wildman–Crippen MR) is 84.4 cm³/mol. The van der Waals surface area contributed by atoms with Gasteiger partial charge in [0.25, 0.3) is 0 Å². The van der Waals surface area contributed by atoms with Crippen LogP contribution >= 0.6 is 0 Å². The Morgan fingerprint density at radius 3 is 2.58 bits per heavy atom. The van der Waals surface area contributed by atoms with Crippen molar-refractivity contribution in [2.75, 3.05) is 24.6 Å². The maximum atomic E-state index is 10.2. The summed E-state index contributed by atoms with van der Waals surface area (Å²) in [5.41, 5.74) is 1.19. The Bertz CT molecular complexity index is 717. The average Bonchev–Trinajstić information content (AvgIpc) is 3.17. The van der Waals surface area contributed by atoms with Crippen LogP contribution in [0.4, 0.5) is 5.82 Å². The smallest absolute Gasteiger partial charge is 0.167 e. The number of hydrogen-bond donors (Lipinski definition) is 3. The Hall–Kier alpha value is -1.81. The summed E-state index contributed by atoms with van der Waals surface area (Å²) in [5.74, 6) is 0.783. The topological polar surface area (TPSA) is 117 Å². The molecule has 2 aliphatic heterocycles. The molecule has 3 N–H and O–H groups in total. The number of hydrogen-bond acceptors (Lipinski definition) is 8. The summed E-state index contributed by atoms with van der Waals surface area (Å²) in [7, 11) is 0. The first-order valence-corrected chi connectivity index (χ1v) is 8.25. The lowest BCUT2D eigenvalue weighted by molar-refractivity contribution is -0.0511. The van der Waals surface area contributed by atoms with Gasteiger partial charge in [0.2, 0.25) is 0 Å². The molecular weight excluding hydrogens is 314 g/mol. The first-order valence-electron chi connectivity index (χ1n) is 8.25. The van der Waals surface area contributed by atoms with Crippen LogP contribution in [-0.2, 0) is 4.74 Å². The Morgan fingerprint density at radius 1 is 1.08 bits per heavy atom. The summed E-state index contributed by atoms with van der Waals surface area (Å²) in [6, 6.07) is 0. The van der Waals surface area contributed by atoms with E-state index in [4.69, 9.17) is 4.74 Å². The van der Waals surface area contributed by atoms with Crippen LogP contribution in [0.5, 0.6) is 0 Å². The predicted octanol–water partition coefficient (Wildman–Crippen LogP) is -0.572. The number of rotatable bonds is 3. The van der Waals surface area contributed by atoms with E-state index < -0.39 is 24.5 Å². The Balaban J connectivity index is 1.71. The molecule has 130 valence electrons. The van der Waals surface area contributed by atoms with Gasteiger partial charge in [0, 0.05) is 13.1 Å². The quantitative estimate of drug-likeness (QED) is 0.683. The molecule has 0 aliphatic carbocycles. The highest BCUT2D eigenvalue weighted by molar-refractivity contribution is 5.83. The SMILES string of the molecule is OC[C@H]1OC(n2cnc3c(N4CCCCC4)ncnc32)[C@H](O)[C@@H]1O. The van der Waals surface area contributed by atoms with Crippen LogP contribution in [0, 0.1) is 0 Å². The molecule has 1 unspecified atom stereocenters. The molecule has 0 aromatic carbocycles. The fraction of sp³-hybridized carbons (Fsp3) is 0.667. The van der Waals surface area contributed by atoms with Gasteiger partial charge in [-0.1, -0.05) is 0 Å². The van der Waals surface area contributed by atoms with Crippen molar-refractivity contribution >= 4 is 17.0 Å². The largest absolute Gasteiger partial charge is 0.394 e. The number of aliphatic hydroxyl groups is 3. The normalized spacial score (nSPS) is 31.0. The molecule has 2 fully saturated rings. The highest BCUT2D eigenvalue weighted by Gasteiger charge is 2.44. The van der Waals surface area contributed by atoms with E-state index in [0.29, 0.717) is 11.2 Å². The zero-order chi connectivity index (χ0) is 16.7. The van der Waals surface area contributed by atoms with Crippen LogP contribution in [0.3, 0.4) is 0 Å². The average molecular weight is 335 g/mol. The second-order valence-corrected chi connectivity index (χ2v) is 6.30. The summed E-state index contributed by atoms with van der Waals surface area (Å²) in [4.78, 5) is 15.3. The standard InChI is InChI=1S/C15H21N5O4/c21-6-9-11(22)12(23)15(24-9)20-8-18-10-13(16-7-17-14(10)20)19-4-2-1-3-5-19/h7-9,11-12,15,21-23H,1-6H2/t9-,11-,12-,15?/m1/s1. The number of aliphatic hydroxyl groups excluding tert-OH is 3. The fourth-order valence-electron chi connectivity index (χ4n) is 3.47.